The molecule has 0 aliphatic carbocycles. The van der Waals surface area contributed by atoms with E-state index in [0.29, 0.717) is 12.1 Å². The fraction of sp³-hybridized carbons (Fsp3) is 0.276. The van der Waals surface area contributed by atoms with Crippen LogP contribution in [0.5, 0.6) is 0 Å². The van der Waals surface area contributed by atoms with E-state index in [4.69, 9.17) is 4.98 Å². The number of benzene rings is 3. The van der Waals surface area contributed by atoms with Crippen molar-refractivity contribution in [1.29, 1.82) is 0 Å². The van der Waals surface area contributed by atoms with Crippen molar-refractivity contribution in [1.82, 2.24) is 9.29 Å². The molecule has 1 aliphatic heterocycles. The number of hydrogen-bond acceptors (Lipinski definition) is 6. The molecule has 4 aromatic rings. The van der Waals surface area contributed by atoms with Crippen LogP contribution in [0.25, 0.3) is 20.8 Å². The molecule has 2 amide bonds. The molecule has 0 bridgehead atoms. The van der Waals surface area contributed by atoms with Crippen LogP contribution < -0.4 is 4.90 Å². The van der Waals surface area contributed by atoms with Gasteiger partial charge in [0.05, 0.1) is 27.2 Å². The molecule has 2 unspecified atom stereocenters. The summed E-state index contributed by atoms with van der Waals surface area (Å²) in [4.78, 5) is 32.6. The van der Waals surface area contributed by atoms with Gasteiger partial charge in [-0.25, -0.2) is 18.3 Å². The van der Waals surface area contributed by atoms with Crippen LogP contribution in [0.2, 0.25) is 0 Å². The number of anilines is 1. The number of aromatic nitrogens is 1. The van der Waals surface area contributed by atoms with Crippen LogP contribution in [-0.2, 0) is 19.6 Å². The van der Waals surface area contributed by atoms with E-state index in [9.17, 15) is 18.0 Å². The number of hydrogen-bond donors (Lipinski definition) is 0. The Morgan fingerprint density at radius 2 is 1.66 bits per heavy atom. The molecule has 1 aliphatic rings. The lowest BCUT2D eigenvalue weighted by molar-refractivity contribution is -0.122. The second-order valence-electron chi connectivity index (χ2n) is 9.73. The van der Waals surface area contributed by atoms with Gasteiger partial charge in [0.1, 0.15) is 11.0 Å². The lowest BCUT2D eigenvalue weighted by Gasteiger charge is -2.31. The molecule has 38 heavy (non-hydrogen) atoms. The molecule has 1 fully saturated rings. The summed E-state index contributed by atoms with van der Waals surface area (Å²) in [6.45, 7) is 7.55. The van der Waals surface area contributed by atoms with Gasteiger partial charge >= 0.3 is 0 Å². The maximum atomic E-state index is 13.7. The largest absolute Gasteiger partial charge is 0.274 e. The first-order chi connectivity index (χ1) is 18.1. The maximum Gasteiger partial charge on any atom is 0.252 e. The highest BCUT2D eigenvalue weighted by molar-refractivity contribution is 7.89. The number of carbonyl (C=O) groups is 2. The predicted octanol–water partition coefficient (Wildman–Crippen LogP) is 5.70. The minimum Gasteiger partial charge on any atom is -0.274 e. The number of carbonyl (C=O) groups excluding carboxylic acids is 2. The van der Waals surface area contributed by atoms with Crippen LogP contribution in [0.4, 0.5) is 5.69 Å². The van der Waals surface area contributed by atoms with Crippen LogP contribution in [0.3, 0.4) is 0 Å². The Morgan fingerprint density at radius 3 is 2.32 bits per heavy atom. The number of nitrogens with zero attached hydrogens (tertiary/aromatic N) is 3. The second-order valence-corrected chi connectivity index (χ2v) is 12.6. The number of aryl methyl sites for hydroxylation is 2. The van der Waals surface area contributed by atoms with E-state index in [1.165, 1.54) is 9.87 Å². The summed E-state index contributed by atoms with van der Waals surface area (Å²) >= 11 is 1.58. The SMILES string of the molecule is CCC(C)N(C1CC(=O)N(c2ccc(-c3nc4ccc(C)cc4s3)cc2)C1=O)S(=O)(=O)c1ccc(C)cc1. The van der Waals surface area contributed by atoms with E-state index in [2.05, 4.69) is 6.07 Å². The third-order valence-electron chi connectivity index (χ3n) is 6.97. The van der Waals surface area contributed by atoms with E-state index in [1.807, 2.05) is 45.0 Å². The van der Waals surface area contributed by atoms with Gasteiger partial charge in [0.15, 0.2) is 0 Å². The Hall–Kier alpha value is -3.40. The Bertz CT molecular complexity index is 1630. The summed E-state index contributed by atoms with van der Waals surface area (Å²) in [5, 5.41) is 0.848. The minimum atomic E-state index is -4.01. The third-order valence-corrected chi connectivity index (χ3v) is 10.1. The molecule has 5 rings (SSSR count). The van der Waals surface area contributed by atoms with Gasteiger partial charge in [-0.2, -0.15) is 4.31 Å². The number of thiazole rings is 1. The standard InChI is InChI=1S/C29H29N3O4S2/c1-5-20(4)32(38(35,36)23-13-6-18(2)7-14-23)25-17-27(33)31(29(25)34)22-11-9-21(10-12-22)28-30-24-15-8-19(3)16-26(24)37-28/h6-16,20,25H,5,17H2,1-4H3. The molecule has 9 heteroatoms. The molecule has 0 N–H and O–H groups in total. The van der Waals surface area contributed by atoms with E-state index in [0.717, 1.165) is 31.3 Å². The zero-order valence-corrected chi connectivity index (χ0v) is 23.3. The van der Waals surface area contributed by atoms with Gasteiger partial charge < -0.3 is 0 Å². The summed E-state index contributed by atoms with van der Waals surface area (Å²) in [5.41, 5.74) is 4.32. The lowest BCUT2D eigenvalue weighted by atomic mass is 10.2. The molecule has 7 nitrogen and oxygen atoms in total. The number of fused-ring (bicyclic) bond motifs is 1. The minimum absolute atomic E-state index is 0.109. The van der Waals surface area contributed by atoms with Crippen molar-refractivity contribution in [3.05, 3.63) is 77.9 Å². The van der Waals surface area contributed by atoms with Crippen LogP contribution in [0.15, 0.2) is 71.6 Å². The molecule has 0 radical (unpaired) electrons. The molecule has 196 valence electrons. The number of imide groups is 1. The molecular weight excluding hydrogens is 518 g/mol. The highest BCUT2D eigenvalue weighted by Gasteiger charge is 2.48. The highest BCUT2D eigenvalue weighted by atomic mass is 32.2. The Morgan fingerprint density at radius 1 is 1.00 bits per heavy atom. The lowest BCUT2D eigenvalue weighted by Crippen LogP contribution is -2.49. The van der Waals surface area contributed by atoms with Crippen molar-refractivity contribution >= 4 is 49.1 Å². The van der Waals surface area contributed by atoms with Crippen LogP contribution in [0.1, 0.15) is 37.8 Å². The van der Waals surface area contributed by atoms with E-state index in [-0.39, 0.29) is 11.3 Å². The van der Waals surface area contributed by atoms with Crippen molar-refractivity contribution in [3.63, 3.8) is 0 Å². The Kier molecular flexibility index (Phi) is 6.94. The summed E-state index contributed by atoms with van der Waals surface area (Å²) in [6.07, 6.45) is 0.298. The first kappa shape index (κ1) is 26.2. The first-order valence-corrected chi connectivity index (χ1v) is 14.8. The van der Waals surface area contributed by atoms with Crippen LogP contribution in [-0.4, -0.2) is 41.6 Å². The molecule has 0 spiro atoms. The van der Waals surface area contributed by atoms with E-state index in [1.54, 1.807) is 54.7 Å². The average Bonchev–Trinajstić information content (AvgIpc) is 3.44. The number of sulfonamides is 1. The van der Waals surface area contributed by atoms with Crippen molar-refractivity contribution in [2.24, 2.45) is 0 Å². The molecule has 2 heterocycles. The van der Waals surface area contributed by atoms with Gasteiger partial charge in [-0.15, -0.1) is 11.3 Å². The second kappa shape index (κ2) is 10.1. The molecule has 2 atom stereocenters. The quantitative estimate of drug-likeness (QED) is 0.277. The number of rotatable bonds is 7. The summed E-state index contributed by atoms with van der Waals surface area (Å²) in [7, 11) is -4.01. The van der Waals surface area contributed by atoms with Gasteiger partial charge in [0, 0.05) is 11.6 Å². The van der Waals surface area contributed by atoms with Crippen LogP contribution in [0, 0.1) is 13.8 Å². The van der Waals surface area contributed by atoms with Crippen molar-refractivity contribution in [2.45, 2.75) is 57.5 Å². The molecule has 1 aromatic heterocycles. The van der Waals surface area contributed by atoms with Gasteiger partial charge in [-0.1, -0.05) is 30.7 Å². The van der Waals surface area contributed by atoms with Gasteiger partial charge in [0.25, 0.3) is 5.91 Å². The Balaban J connectivity index is 1.44. The normalized spacial score (nSPS) is 17.1. The van der Waals surface area contributed by atoms with E-state index < -0.39 is 33.9 Å². The summed E-state index contributed by atoms with van der Waals surface area (Å²) in [6, 6.07) is 18.2. The van der Waals surface area contributed by atoms with Crippen molar-refractivity contribution < 1.29 is 18.0 Å². The fourth-order valence-corrected chi connectivity index (χ4v) is 7.63. The van der Waals surface area contributed by atoms with Crippen molar-refractivity contribution in [3.8, 4) is 10.6 Å². The molecule has 0 saturated carbocycles. The Labute approximate surface area is 226 Å². The maximum absolute atomic E-state index is 13.7. The first-order valence-electron chi connectivity index (χ1n) is 12.5. The fourth-order valence-electron chi connectivity index (χ4n) is 4.72. The van der Waals surface area contributed by atoms with E-state index >= 15 is 0 Å². The van der Waals surface area contributed by atoms with Gasteiger partial charge in [-0.05, 0) is 81.3 Å². The van der Waals surface area contributed by atoms with Gasteiger partial charge in [-0.3, -0.25) is 9.59 Å². The highest BCUT2D eigenvalue weighted by Crippen LogP contribution is 2.34. The molecular formula is C29H29N3O4S2. The monoisotopic (exact) mass is 547 g/mol. The molecule has 3 aromatic carbocycles. The number of amides is 2. The van der Waals surface area contributed by atoms with Crippen LogP contribution >= 0.6 is 11.3 Å². The molecule has 1 saturated heterocycles. The summed E-state index contributed by atoms with van der Waals surface area (Å²) in [5.74, 6) is -0.954. The smallest absolute Gasteiger partial charge is 0.252 e. The summed E-state index contributed by atoms with van der Waals surface area (Å²) < 4.78 is 29.6. The predicted molar refractivity (Wildman–Crippen MR) is 151 cm³/mol. The third kappa shape index (κ3) is 4.66. The zero-order valence-electron chi connectivity index (χ0n) is 21.7. The topological polar surface area (TPSA) is 87.7 Å². The van der Waals surface area contributed by atoms with Crippen molar-refractivity contribution in [2.75, 3.05) is 4.90 Å². The zero-order chi connectivity index (χ0) is 27.2. The van der Waals surface area contributed by atoms with Gasteiger partial charge in [0.2, 0.25) is 15.9 Å². The average molecular weight is 548 g/mol.